The molecule has 0 saturated carbocycles. The van der Waals surface area contributed by atoms with Gasteiger partial charge in [-0.3, -0.25) is 9.88 Å². The minimum Gasteiger partial charge on any atom is -0.508 e. The average molecular weight is 487 g/mol. The summed E-state index contributed by atoms with van der Waals surface area (Å²) in [5.41, 5.74) is 1.94. The minimum absolute atomic E-state index is 0.203. The van der Waals surface area contributed by atoms with E-state index < -0.39 is 0 Å². The number of piperidine rings is 3. The van der Waals surface area contributed by atoms with Crippen molar-refractivity contribution in [3.63, 3.8) is 0 Å². The predicted molar refractivity (Wildman–Crippen MR) is 150 cm³/mol. The number of hydrogen-bond acceptors (Lipinski definition) is 4. The number of phenolic OH excluding ortho intramolecular Hbond substituents is 1. The quantitative estimate of drug-likeness (QED) is 0.210. The molecular formula is C33H30N2O2. The van der Waals surface area contributed by atoms with Crippen LogP contribution >= 0.6 is 0 Å². The van der Waals surface area contributed by atoms with Gasteiger partial charge in [0.25, 0.3) is 0 Å². The predicted octanol–water partition coefficient (Wildman–Crippen LogP) is 7.26. The van der Waals surface area contributed by atoms with Crippen molar-refractivity contribution in [2.75, 3.05) is 13.1 Å². The maximum absolute atomic E-state index is 10.4. The van der Waals surface area contributed by atoms with Crippen LogP contribution in [0.5, 0.6) is 11.5 Å². The number of hydrogen-bond donors (Lipinski definition) is 1. The molecule has 4 aromatic carbocycles. The van der Waals surface area contributed by atoms with Crippen LogP contribution in [0.3, 0.4) is 0 Å². The number of ether oxygens (including phenoxy) is 1. The zero-order valence-corrected chi connectivity index (χ0v) is 20.8. The van der Waals surface area contributed by atoms with Crippen LogP contribution in [0.1, 0.15) is 24.5 Å². The Morgan fingerprint density at radius 3 is 2.57 bits per heavy atom. The lowest BCUT2D eigenvalue weighted by atomic mass is 9.73. The molecule has 8 rings (SSSR count). The molecular weight excluding hydrogens is 456 g/mol. The third kappa shape index (κ3) is 3.75. The Hall–Kier alpha value is -3.89. The van der Waals surface area contributed by atoms with Gasteiger partial charge in [0, 0.05) is 29.1 Å². The van der Waals surface area contributed by atoms with E-state index in [2.05, 4.69) is 83.2 Å². The zero-order chi connectivity index (χ0) is 24.9. The van der Waals surface area contributed by atoms with Gasteiger partial charge in [-0.1, -0.05) is 54.6 Å². The van der Waals surface area contributed by atoms with Crippen molar-refractivity contribution in [3.8, 4) is 11.5 Å². The molecule has 0 amide bonds. The van der Waals surface area contributed by atoms with Gasteiger partial charge in [0.1, 0.15) is 17.6 Å². The van der Waals surface area contributed by atoms with E-state index in [1.54, 1.807) is 6.07 Å². The molecule has 0 spiro atoms. The van der Waals surface area contributed by atoms with Gasteiger partial charge < -0.3 is 9.84 Å². The molecule has 1 N–H and O–H groups in total. The highest BCUT2D eigenvalue weighted by Crippen LogP contribution is 2.45. The molecule has 4 heterocycles. The van der Waals surface area contributed by atoms with E-state index in [-0.39, 0.29) is 17.9 Å². The zero-order valence-electron chi connectivity index (χ0n) is 20.8. The van der Waals surface area contributed by atoms with Crippen LogP contribution in [-0.2, 0) is 0 Å². The molecule has 2 unspecified atom stereocenters. The Bertz CT molecular complexity index is 1640. The summed E-state index contributed by atoms with van der Waals surface area (Å²) in [6, 6.07) is 26.9. The third-order valence-electron chi connectivity index (χ3n) is 8.55. The van der Waals surface area contributed by atoms with Gasteiger partial charge >= 0.3 is 0 Å². The first-order valence-electron chi connectivity index (χ1n) is 13.2. The Labute approximate surface area is 216 Å². The molecule has 3 aliphatic rings. The fourth-order valence-corrected chi connectivity index (χ4v) is 6.70. The van der Waals surface area contributed by atoms with Gasteiger partial charge in [0.05, 0.1) is 11.6 Å². The second-order valence-corrected chi connectivity index (χ2v) is 10.5. The minimum atomic E-state index is -0.203. The van der Waals surface area contributed by atoms with Gasteiger partial charge in [-0.05, 0) is 77.7 Å². The lowest BCUT2D eigenvalue weighted by molar-refractivity contribution is -0.0352. The number of pyridine rings is 1. The molecule has 0 radical (unpaired) electrons. The maximum atomic E-state index is 10.4. The fraction of sp³-hybridized carbons (Fsp3) is 0.242. The Morgan fingerprint density at radius 2 is 1.76 bits per heavy atom. The smallest absolute Gasteiger partial charge is 0.140 e. The molecule has 1 aromatic heterocycles. The summed E-state index contributed by atoms with van der Waals surface area (Å²) in [4.78, 5) is 7.18. The van der Waals surface area contributed by atoms with E-state index in [0.29, 0.717) is 11.8 Å². The van der Waals surface area contributed by atoms with Gasteiger partial charge in [-0.25, -0.2) is 0 Å². The summed E-state index contributed by atoms with van der Waals surface area (Å²) < 4.78 is 7.15. The van der Waals surface area contributed by atoms with Crippen molar-refractivity contribution < 1.29 is 9.84 Å². The van der Waals surface area contributed by atoms with Crippen LogP contribution in [-0.4, -0.2) is 34.1 Å². The Kier molecular flexibility index (Phi) is 5.37. The molecule has 4 heteroatoms. The number of aromatic hydroxyl groups is 1. The standard InChI is InChI=1S/C33H30N2O2/c1-2-21-20-35-16-14-22(21)17-31(35)33(28-13-15-34-30-12-11-24(36)19-29(28)30)37-32-18-23-7-3-4-8-25(23)26-9-5-6-10-27(26)32/h2-13,15,18-19,21-22,31,33,36H,1,14,16-17,20H2/t21?,22-,31+,33-/m0/s1. The normalized spacial score (nSPS) is 23.9. The summed E-state index contributed by atoms with van der Waals surface area (Å²) in [6.07, 6.45) is 6.07. The second kappa shape index (κ2) is 8.89. The number of benzene rings is 4. The monoisotopic (exact) mass is 486 g/mol. The lowest BCUT2D eigenvalue weighted by Gasteiger charge is -2.51. The SMILES string of the molecule is C=CC1CN2CC[C@H]1C[C@@H]2[C@@H](Oc1cc2ccccc2c2ccccc12)c1ccnc2ccc(O)cc12. The fourth-order valence-electron chi connectivity index (χ4n) is 6.70. The van der Waals surface area contributed by atoms with Crippen LogP contribution in [0.4, 0.5) is 0 Å². The molecule has 0 aliphatic carbocycles. The van der Waals surface area contributed by atoms with E-state index >= 15 is 0 Å². The van der Waals surface area contributed by atoms with Crippen molar-refractivity contribution in [2.45, 2.75) is 25.0 Å². The van der Waals surface area contributed by atoms with Crippen LogP contribution in [0, 0.1) is 11.8 Å². The van der Waals surface area contributed by atoms with Gasteiger partial charge in [-0.15, -0.1) is 6.58 Å². The van der Waals surface area contributed by atoms with Crippen molar-refractivity contribution in [2.24, 2.45) is 11.8 Å². The third-order valence-corrected chi connectivity index (χ3v) is 8.55. The molecule has 4 nitrogen and oxygen atoms in total. The Balaban J connectivity index is 1.41. The summed E-state index contributed by atoms with van der Waals surface area (Å²) in [5, 5.41) is 16.0. The highest BCUT2D eigenvalue weighted by Gasteiger charge is 2.44. The van der Waals surface area contributed by atoms with Crippen molar-refractivity contribution >= 4 is 32.4 Å². The molecule has 5 atom stereocenters. The summed E-state index contributed by atoms with van der Waals surface area (Å²) >= 11 is 0. The van der Waals surface area contributed by atoms with E-state index in [1.807, 2.05) is 18.3 Å². The number of nitrogens with zero attached hydrogens (tertiary/aromatic N) is 2. The van der Waals surface area contributed by atoms with Crippen LogP contribution in [0.15, 0.2) is 97.7 Å². The molecule has 2 bridgehead atoms. The van der Waals surface area contributed by atoms with Crippen molar-refractivity contribution in [1.29, 1.82) is 0 Å². The summed E-state index contributed by atoms with van der Waals surface area (Å²) in [6.45, 7) is 6.21. The average Bonchev–Trinajstić information content (AvgIpc) is 2.96. The molecule has 3 aliphatic heterocycles. The highest BCUT2D eigenvalue weighted by molar-refractivity contribution is 6.10. The molecule has 184 valence electrons. The molecule has 3 saturated heterocycles. The van der Waals surface area contributed by atoms with Gasteiger partial charge in [0.15, 0.2) is 0 Å². The maximum Gasteiger partial charge on any atom is 0.140 e. The molecule has 37 heavy (non-hydrogen) atoms. The van der Waals surface area contributed by atoms with E-state index in [9.17, 15) is 5.11 Å². The van der Waals surface area contributed by atoms with Gasteiger partial charge in [0.2, 0.25) is 0 Å². The number of aromatic nitrogens is 1. The topological polar surface area (TPSA) is 45.6 Å². The van der Waals surface area contributed by atoms with Crippen molar-refractivity contribution in [3.05, 3.63) is 103 Å². The number of fused-ring (bicyclic) bond motifs is 7. The lowest BCUT2D eigenvalue weighted by Crippen LogP contribution is -2.55. The largest absolute Gasteiger partial charge is 0.508 e. The second-order valence-electron chi connectivity index (χ2n) is 10.5. The summed E-state index contributed by atoms with van der Waals surface area (Å²) in [7, 11) is 0. The number of phenols is 1. The highest BCUT2D eigenvalue weighted by atomic mass is 16.5. The molecule has 3 fully saturated rings. The van der Waals surface area contributed by atoms with Crippen LogP contribution in [0.2, 0.25) is 0 Å². The van der Waals surface area contributed by atoms with E-state index in [4.69, 9.17) is 4.74 Å². The first-order chi connectivity index (χ1) is 18.2. The van der Waals surface area contributed by atoms with E-state index in [1.165, 1.54) is 22.6 Å². The van der Waals surface area contributed by atoms with Gasteiger partial charge in [-0.2, -0.15) is 0 Å². The molecule has 5 aromatic rings. The number of rotatable bonds is 5. The van der Waals surface area contributed by atoms with Crippen LogP contribution in [0.25, 0.3) is 32.4 Å². The van der Waals surface area contributed by atoms with E-state index in [0.717, 1.165) is 47.1 Å². The van der Waals surface area contributed by atoms with Crippen molar-refractivity contribution in [1.82, 2.24) is 9.88 Å². The summed E-state index contributed by atoms with van der Waals surface area (Å²) in [5.74, 6) is 2.29. The Morgan fingerprint density at radius 1 is 0.946 bits per heavy atom. The first-order valence-corrected chi connectivity index (χ1v) is 13.2. The van der Waals surface area contributed by atoms with Crippen LogP contribution < -0.4 is 4.74 Å². The first kappa shape index (κ1) is 22.3.